The molecule has 3 heterocycles. The number of halogens is 1. The predicted molar refractivity (Wildman–Crippen MR) is 246 cm³/mol. The topological polar surface area (TPSA) is 275 Å². The van der Waals surface area contributed by atoms with E-state index in [0.29, 0.717) is 31.2 Å². The molecule has 3 fully saturated rings. The number of H-pyrrole nitrogens is 1. The van der Waals surface area contributed by atoms with Crippen LogP contribution in [0.1, 0.15) is 95.1 Å². The summed E-state index contributed by atoms with van der Waals surface area (Å²) in [5, 5.41) is 17.9. The second-order valence-corrected chi connectivity index (χ2v) is 17.7. The third-order valence-electron chi connectivity index (χ3n) is 12.7. The number of carbonyl (C=O) groups excluding carboxylic acids is 7. The highest BCUT2D eigenvalue weighted by molar-refractivity contribution is 5.98. The molecule has 2 saturated heterocycles. The Hall–Kier alpha value is -6.53. The van der Waals surface area contributed by atoms with Crippen molar-refractivity contribution in [2.75, 3.05) is 19.6 Å². The largest absolute Gasteiger partial charge is 0.370 e. The number of aliphatic imine (C=N–C) groups is 1. The smallest absolute Gasteiger partial charge is 0.245 e. The quantitative estimate of drug-likeness (QED) is 0.0682. The summed E-state index contributed by atoms with van der Waals surface area (Å²) < 4.78 is 14.1. The molecule has 66 heavy (non-hydrogen) atoms. The number of hydrogen-bond donors (Lipinski definition) is 9. The lowest BCUT2D eigenvalue weighted by atomic mass is 9.84. The van der Waals surface area contributed by atoms with E-state index in [1.165, 1.54) is 30.0 Å². The number of benzene rings is 2. The maximum absolute atomic E-state index is 14.6. The number of amides is 7. The van der Waals surface area contributed by atoms with E-state index in [-0.39, 0.29) is 63.6 Å². The lowest BCUT2D eigenvalue weighted by molar-refractivity contribution is -0.142. The zero-order chi connectivity index (χ0) is 47.2. The fourth-order valence-electron chi connectivity index (χ4n) is 9.33. The fourth-order valence-corrected chi connectivity index (χ4v) is 9.33. The number of nitrogens with one attached hydrogen (secondary N) is 7. The van der Waals surface area contributed by atoms with Gasteiger partial charge in [0.25, 0.3) is 0 Å². The molecule has 3 aliphatic rings. The standard InChI is InChI=1S/C47H64FN11O7/c1-28(60)54-37(25-30-13-7-14-32(48)23-30)42(62)56-36-18-9-20-51-41(61)35(17-8-21-52-47(49)50)55-44(64)39(26-31-27-53-34-16-6-5-15-33(31)34)57-43(63)38(24-29-11-3-2-4-12-29)58-45(65)40-19-10-22-59(40)46(36)66/h5-7,13-16,23,27,29,35-40,53H,2-4,8-12,17-22,24-26H2,1H3,(H,51,61)(H,54,60)(H,55,64)(H,56,62)(H,57,63)(H,58,65)(H4,49,50,52)/t35-,36?,37-,38+,39-,40-/m0/s1. The fraction of sp³-hybridized carbons (Fsp3) is 0.532. The van der Waals surface area contributed by atoms with Gasteiger partial charge in [0.1, 0.15) is 42.1 Å². The SMILES string of the molecule is CC(=O)N[C@@H](Cc1cccc(F)c1)C(=O)NC1CCCNC(=O)[C@H](CCCN=C(N)N)NC(=O)[C@H](Cc2c[nH]c3ccccc23)NC(=O)[C@@H](CC2CCCCC2)NC(=O)[C@@H]2CCCN2C1=O. The van der Waals surface area contributed by atoms with Crippen LogP contribution >= 0.6 is 0 Å². The minimum atomic E-state index is -1.20. The third kappa shape index (κ3) is 13.7. The minimum absolute atomic E-state index is 0.0172. The van der Waals surface area contributed by atoms with Crippen molar-refractivity contribution in [3.05, 3.63) is 71.7 Å². The zero-order valence-electron chi connectivity index (χ0n) is 37.5. The van der Waals surface area contributed by atoms with Gasteiger partial charge in [-0.1, -0.05) is 62.4 Å². The summed E-state index contributed by atoms with van der Waals surface area (Å²) in [6, 6.07) is 6.52. The van der Waals surface area contributed by atoms with Gasteiger partial charge in [-0.3, -0.25) is 38.6 Å². The van der Waals surface area contributed by atoms with Crippen LogP contribution in [-0.4, -0.2) is 113 Å². The Morgan fingerprint density at radius 2 is 1.59 bits per heavy atom. The Labute approximate surface area is 383 Å². The van der Waals surface area contributed by atoms with E-state index in [0.717, 1.165) is 48.6 Å². The molecule has 1 aromatic heterocycles. The Morgan fingerprint density at radius 1 is 0.848 bits per heavy atom. The molecule has 11 N–H and O–H groups in total. The van der Waals surface area contributed by atoms with Crippen LogP contribution in [0.25, 0.3) is 10.9 Å². The van der Waals surface area contributed by atoms with Gasteiger partial charge in [0, 0.05) is 56.5 Å². The molecule has 6 rings (SSSR count). The molecule has 6 atom stereocenters. The van der Waals surface area contributed by atoms with Crippen LogP contribution in [0.2, 0.25) is 0 Å². The van der Waals surface area contributed by atoms with Crippen molar-refractivity contribution in [3.63, 3.8) is 0 Å². The summed E-state index contributed by atoms with van der Waals surface area (Å²) in [4.78, 5) is 107. The molecule has 18 nitrogen and oxygen atoms in total. The monoisotopic (exact) mass is 913 g/mol. The number of rotatable bonds is 13. The van der Waals surface area contributed by atoms with E-state index in [1.54, 1.807) is 12.3 Å². The van der Waals surface area contributed by atoms with Gasteiger partial charge in [0.2, 0.25) is 41.4 Å². The van der Waals surface area contributed by atoms with E-state index < -0.39 is 83.4 Å². The number of aromatic amines is 1. The lowest BCUT2D eigenvalue weighted by Crippen LogP contribution is -2.60. The third-order valence-corrected chi connectivity index (χ3v) is 12.7. The summed E-state index contributed by atoms with van der Waals surface area (Å²) in [6.45, 7) is 1.65. The van der Waals surface area contributed by atoms with E-state index >= 15 is 0 Å². The van der Waals surface area contributed by atoms with Crippen molar-refractivity contribution in [2.24, 2.45) is 22.4 Å². The van der Waals surface area contributed by atoms with E-state index in [2.05, 4.69) is 41.9 Å². The van der Waals surface area contributed by atoms with Crippen molar-refractivity contribution >= 4 is 58.2 Å². The van der Waals surface area contributed by atoms with Gasteiger partial charge in [-0.2, -0.15) is 0 Å². The van der Waals surface area contributed by atoms with E-state index in [9.17, 15) is 38.0 Å². The van der Waals surface area contributed by atoms with Gasteiger partial charge in [-0.05, 0) is 80.2 Å². The number of nitrogens with zero attached hydrogens (tertiary/aromatic N) is 2. The molecular weight excluding hydrogens is 850 g/mol. The normalized spacial score (nSPS) is 23.3. The van der Waals surface area contributed by atoms with Crippen molar-refractivity contribution < 1.29 is 38.0 Å². The molecular formula is C47H64FN11O7. The summed E-state index contributed by atoms with van der Waals surface area (Å²) in [5.74, 6) is -4.53. The van der Waals surface area contributed by atoms with Crippen LogP contribution in [0.3, 0.4) is 0 Å². The molecule has 0 bridgehead atoms. The van der Waals surface area contributed by atoms with Crippen LogP contribution in [0.5, 0.6) is 0 Å². The summed E-state index contributed by atoms with van der Waals surface area (Å²) in [7, 11) is 0. The van der Waals surface area contributed by atoms with Crippen LogP contribution < -0.4 is 43.4 Å². The number of aromatic nitrogens is 1. The number of nitrogens with two attached hydrogens (primary N) is 2. The lowest BCUT2D eigenvalue weighted by Gasteiger charge is -2.32. The van der Waals surface area contributed by atoms with Crippen molar-refractivity contribution in [3.8, 4) is 0 Å². The molecule has 1 aliphatic carbocycles. The predicted octanol–water partition coefficient (Wildman–Crippen LogP) is 1.46. The first-order valence-electron chi connectivity index (χ1n) is 23.2. The first kappa shape index (κ1) is 48.9. The molecule has 3 aromatic rings. The second-order valence-electron chi connectivity index (χ2n) is 17.7. The highest BCUT2D eigenvalue weighted by Gasteiger charge is 2.40. The second kappa shape index (κ2) is 23.6. The van der Waals surface area contributed by atoms with Crippen molar-refractivity contribution in [1.29, 1.82) is 0 Å². The van der Waals surface area contributed by atoms with Gasteiger partial charge < -0.3 is 53.3 Å². The average Bonchev–Trinajstić information content (AvgIpc) is 3.95. The molecule has 2 aromatic carbocycles. The Bertz CT molecular complexity index is 2240. The van der Waals surface area contributed by atoms with Gasteiger partial charge in [0.05, 0.1) is 0 Å². The van der Waals surface area contributed by atoms with Crippen LogP contribution in [0.4, 0.5) is 4.39 Å². The first-order chi connectivity index (χ1) is 31.7. The minimum Gasteiger partial charge on any atom is -0.370 e. The number of guanidine groups is 1. The summed E-state index contributed by atoms with van der Waals surface area (Å²) in [6.07, 6.45) is 8.27. The van der Waals surface area contributed by atoms with E-state index in [1.807, 2.05) is 24.3 Å². The van der Waals surface area contributed by atoms with Gasteiger partial charge in [0.15, 0.2) is 5.96 Å². The molecule has 356 valence electrons. The average molecular weight is 914 g/mol. The molecule has 7 amide bonds. The highest BCUT2D eigenvalue weighted by Crippen LogP contribution is 2.28. The number of para-hydroxylation sites is 1. The zero-order valence-corrected chi connectivity index (χ0v) is 37.5. The molecule has 0 spiro atoms. The molecule has 19 heteroatoms. The maximum Gasteiger partial charge on any atom is 0.245 e. The van der Waals surface area contributed by atoms with Gasteiger partial charge in [-0.15, -0.1) is 0 Å². The van der Waals surface area contributed by atoms with Crippen molar-refractivity contribution in [2.45, 2.75) is 133 Å². The number of fused-ring (bicyclic) bond motifs is 2. The van der Waals surface area contributed by atoms with E-state index in [4.69, 9.17) is 11.5 Å². The summed E-state index contributed by atoms with van der Waals surface area (Å²) >= 11 is 0. The molecule has 2 aliphatic heterocycles. The Balaban J connectivity index is 1.31. The van der Waals surface area contributed by atoms with Crippen LogP contribution in [-0.2, 0) is 46.4 Å². The van der Waals surface area contributed by atoms with Gasteiger partial charge >= 0.3 is 0 Å². The summed E-state index contributed by atoms with van der Waals surface area (Å²) in [5.41, 5.74) is 13.1. The highest BCUT2D eigenvalue weighted by atomic mass is 19.1. The van der Waals surface area contributed by atoms with Crippen molar-refractivity contribution in [1.82, 2.24) is 41.8 Å². The Morgan fingerprint density at radius 3 is 2.35 bits per heavy atom. The first-order valence-corrected chi connectivity index (χ1v) is 23.2. The van der Waals surface area contributed by atoms with Crippen LogP contribution in [0.15, 0.2) is 59.7 Å². The van der Waals surface area contributed by atoms with Crippen LogP contribution in [0, 0.1) is 11.7 Å². The Kier molecular flexibility index (Phi) is 17.5. The molecule has 0 radical (unpaired) electrons. The maximum atomic E-state index is 14.6. The molecule has 1 saturated carbocycles. The van der Waals surface area contributed by atoms with Gasteiger partial charge in [-0.25, -0.2) is 4.39 Å². The number of hydrogen-bond acceptors (Lipinski definition) is 8. The molecule has 1 unspecified atom stereocenters. The number of carbonyl (C=O) groups is 7.